The van der Waals surface area contributed by atoms with Gasteiger partial charge in [-0.05, 0) is 371 Å². The van der Waals surface area contributed by atoms with Crippen molar-refractivity contribution in [2.24, 2.45) is 69.6 Å². The van der Waals surface area contributed by atoms with Crippen molar-refractivity contribution in [3.05, 3.63) is 308 Å². The molecule has 8 bridgehead atoms. The van der Waals surface area contributed by atoms with E-state index >= 15 is 0 Å². The van der Waals surface area contributed by atoms with E-state index in [2.05, 4.69) is 393 Å². The highest BCUT2D eigenvalue weighted by molar-refractivity contribution is 6.05. The highest BCUT2D eigenvalue weighted by Gasteiger charge is 2.52. The van der Waals surface area contributed by atoms with Crippen molar-refractivity contribution in [3.8, 4) is 45.0 Å². The Labute approximate surface area is 820 Å². The van der Waals surface area contributed by atoms with Gasteiger partial charge in [0.05, 0.1) is 49.3 Å². The lowest BCUT2D eigenvalue weighted by atomic mass is 9.48. The first-order valence-electron chi connectivity index (χ1n) is 54.2. The molecule has 9 aliphatic carbocycles. The monoisotopic (exact) mass is 1800 g/mol. The summed E-state index contributed by atoms with van der Waals surface area (Å²) in [7, 11) is 8.54. The van der Waals surface area contributed by atoms with E-state index in [4.69, 9.17) is 4.11 Å². The SMILES string of the molecule is [2H]c1c(C)[n+](C)c(-c2cc(C(C)(C)C)c3ccccc3c2C)c2ccc(C34CC5CC(CC(C5)C3)C4)cc12.[2H]c1c(C)[n+](C)c(-c2cc(C(C)(C)C)c3ccccc3c2C)c2ccc(C3CC4CCC3C4)cc12.[2H]c1c(C)[n+](C)c(-c2cc(C(C)(C)C)c3ccccc3c2C)c2ccc(C3CC4CCC3CC4)cc12.[2H]c1c(C)[n+](C)c(-c2cc(C(C)(C)C)c3ccccc3c2C)c2cccc(C(C)C)c12. The van der Waals surface area contributed by atoms with E-state index < -0.39 is 0 Å². The number of benzene rings is 12. The first kappa shape index (κ1) is 88.0. The first-order valence-corrected chi connectivity index (χ1v) is 52.2. The summed E-state index contributed by atoms with van der Waals surface area (Å²) in [5.74, 6) is 8.03. The highest BCUT2D eigenvalue weighted by atomic mass is 15.0. The number of nitrogens with zero attached hydrogens (tertiary/aromatic N) is 4. The van der Waals surface area contributed by atoms with Crippen molar-refractivity contribution in [2.75, 3.05) is 0 Å². The summed E-state index contributed by atoms with van der Waals surface area (Å²) in [6.45, 7) is 49.6. The number of pyridine rings is 4. The van der Waals surface area contributed by atoms with Crippen LogP contribution in [0.4, 0.5) is 0 Å². The van der Waals surface area contributed by atoms with Crippen molar-refractivity contribution in [2.45, 2.75) is 293 Å². The Morgan fingerprint density at radius 2 is 0.596 bits per heavy atom. The van der Waals surface area contributed by atoms with Gasteiger partial charge < -0.3 is 0 Å². The van der Waals surface area contributed by atoms with Gasteiger partial charge in [-0.1, -0.05) is 262 Å². The number of aryl methyl sites for hydroxylation is 4. The molecule has 0 radical (unpaired) electrons. The van der Waals surface area contributed by atoms with Gasteiger partial charge in [0.25, 0.3) is 0 Å². The van der Waals surface area contributed by atoms with E-state index in [9.17, 15) is 1.37 Å². The molecule has 0 N–H and O–H groups in total. The second-order valence-corrected chi connectivity index (χ2v) is 48.4. The van der Waals surface area contributed by atoms with Crippen LogP contribution in [0, 0.1) is 96.8 Å². The molecule has 4 aromatic heterocycles. The van der Waals surface area contributed by atoms with Gasteiger partial charge in [0.2, 0.25) is 22.8 Å². The fourth-order valence-electron chi connectivity index (χ4n) is 28.0. The highest BCUT2D eigenvalue weighted by Crippen LogP contribution is 2.62. The summed E-state index contributed by atoms with van der Waals surface area (Å²) >= 11 is 0. The van der Waals surface area contributed by atoms with Crippen molar-refractivity contribution >= 4 is 86.2 Å². The average Bonchev–Trinajstić information content (AvgIpc) is 0.794. The summed E-state index contributed by atoms with van der Waals surface area (Å²) in [5, 5.41) is 19.9. The van der Waals surface area contributed by atoms with E-state index in [0.29, 0.717) is 47.3 Å². The quantitative estimate of drug-likeness (QED) is 0.135. The van der Waals surface area contributed by atoms with Crippen LogP contribution in [0.2, 0.25) is 0 Å². The Balaban J connectivity index is 0.000000115. The normalized spacial score (nSPS) is 21.7. The van der Waals surface area contributed by atoms with Crippen LogP contribution < -0.4 is 18.3 Å². The number of hydrogen-bond acceptors (Lipinski definition) is 0. The fourth-order valence-corrected chi connectivity index (χ4v) is 28.0. The Bertz CT molecular complexity index is 7720. The molecule has 0 aliphatic heterocycles. The van der Waals surface area contributed by atoms with E-state index in [-0.39, 0.29) is 21.7 Å². The molecule has 0 spiro atoms. The maximum atomic E-state index is 9.23. The first-order chi connectivity index (χ1) is 66.4. The summed E-state index contributed by atoms with van der Waals surface area (Å²) in [6.07, 6.45) is 21.0. The molecule has 12 aromatic carbocycles. The predicted molar refractivity (Wildman–Crippen MR) is 580 cm³/mol. The number of aromatic nitrogens is 4. The Morgan fingerprint density at radius 1 is 0.287 bits per heavy atom. The van der Waals surface area contributed by atoms with Crippen LogP contribution in [0.5, 0.6) is 0 Å². The molecule has 698 valence electrons. The van der Waals surface area contributed by atoms with E-state index in [1.165, 1.54) is 273 Å². The van der Waals surface area contributed by atoms with Crippen molar-refractivity contribution in [3.63, 3.8) is 0 Å². The lowest BCUT2D eigenvalue weighted by Gasteiger charge is -2.57. The van der Waals surface area contributed by atoms with Gasteiger partial charge in [-0.3, -0.25) is 0 Å². The lowest BCUT2D eigenvalue weighted by molar-refractivity contribution is -0.665. The summed E-state index contributed by atoms with van der Waals surface area (Å²) in [4.78, 5) is 0. The van der Waals surface area contributed by atoms with Gasteiger partial charge in [-0.15, -0.1) is 0 Å². The Morgan fingerprint density at radius 3 is 0.926 bits per heavy atom. The maximum absolute atomic E-state index is 9.23. The standard InChI is InChI=1S/C36H42N.C34H40N.C33H38N.C29H34N/c1-22-13-27-17-28(36-19-24-14-25(20-36)16-26(15-24)21-36)11-12-30(27)34(37(22)6)32-18-33(35(3,4)5)31-10-8-7-9-29(31)23(32)2;1-21-17-26-19-25(31-18-23-11-13-24(31)14-12-23)15-16-28(26)33(35(21)6)30-20-32(34(3,4)5)29-10-8-7-9-27(29)22(30)2;1-20-15-25-18-24(30-17-22-11-12-23(30)16-22)13-14-27(25)32(34(20)6)29-19-31(33(3,4)5)28-10-8-7-9-26(28)21(29)2;1-18(2)21-14-11-15-24-26(21)16-19(3)30(8)28(24)25-17-27(29(5,6)7)23-13-10-9-12-22(23)20(25)4/h7-13,17-18,24-26H,14-16,19-21H2,1-6H3;7-10,15-17,19-20,23-24,31H,11-14,18H2,1-6H3;7-10,13-15,18-19,22-23,30H,11-12,16-17H2,1-6H3;9-18H,1-8H3/q4*+1/i13D;17D;15D;16D. The van der Waals surface area contributed by atoms with Crippen LogP contribution in [0.25, 0.3) is 131 Å². The molecule has 4 heterocycles. The molecule has 25 rings (SSSR count). The average molecular weight is 1800 g/mol. The largest absolute Gasteiger partial charge is 0.220 e. The molecule has 4 unspecified atom stereocenters. The summed E-state index contributed by atoms with van der Waals surface area (Å²) in [5.41, 5.74) is 31.1. The van der Waals surface area contributed by atoms with Crippen molar-refractivity contribution in [1.29, 1.82) is 0 Å². The zero-order valence-corrected chi connectivity index (χ0v) is 87.1. The van der Waals surface area contributed by atoms with Gasteiger partial charge in [0.1, 0.15) is 28.2 Å². The minimum Gasteiger partial charge on any atom is -0.198 e. The van der Waals surface area contributed by atoms with Gasteiger partial charge in [0, 0.05) is 51.9 Å². The molecule has 0 amide bonds. The predicted octanol–water partition coefficient (Wildman–Crippen LogP) is 33.4. The molecule has 16 aromatic rings. The molecule has 9 fully saturated rings. The molecule has 4 nitrogen and oxygen atoms in total. The molecule has 4 heteroatoms. The second kappa shape index (κ2) is 35.0. The maximum Gasteiger partial charge on any atom is 0.220 e. The second-order valence-electron chi connectivity index (χ2n) is 48.4. The number of fused-ring (bicyclic) bond motifs is 13. The smallest absolute Gasteiger partial charge is 0.198 e. The van der Waals surface area contributed by atoms with Crippen molar-refractivity contribution < 1.29 is 23.8 Å². The Hall–Kier alpha value is -10.7. The molecule has 4 atom stereocenters. The third kappa shape index (κ3) is 16.5. The zero-order valence-electron chi connectivity index (χ0n) is 91.1. The number of hydrogen-bond donors (Lipinski definition) is 0. The summed E-state index contributed by atoms with van der Waals surface area (Å²) in [6, 6.07) is 75.8. The van der Waals surface area contributed by atoms with Crippen LogP contribution in [-0.2, 0) is 55.3 Å². The third-order valence-electron chi connectivity index (χ3n) is 35.3. The molecule has 9 saturated carbocycles. The molecular weight excluding hydrogens is 1640 g/mol. The van der Waals surface area contributed by atoms with Crippen LogP contribution in [0.3, 0.4) is 0 Å². The lowest BCUT2D eigenvalue weighted by Crippen LogP contribution is -2.48. The van der Waals surface area contributed by atoms with Gasteiger partial charge >= 0.3 is 0 Å². The minimum atomic E-state index is 0.0317. The Kier molecular flexibility index (Phi) is 22.7. The number of rotatable bonds is 8. The van der Waals surface area contributed by atoms with Crippen LogP contribution in [0.1, 0.15) is 306 Å². The molecule has 0 saturated heterocycles. The molecule has 136 heavy (non-hydrogen) atoms. The van der Waals surface area contributed by atoms with Crippen molar-refractivity contribution in [1.82, 2.24) is 0 Å². The van der Waals surface area contributed by atoms with Gasteiger partial charge in [-0.25, -0.2) is 0 Å². The van der Waals surface area contributed by atoms with Gasteiger partial charge in [0.15, 0.2) is 22.8 Å². The van der Waals surface area contributed by atoms with E-state index in [1.807, 2.05) is 0 Å². The van der Waals surface area contributed by atoms with Crippen LogP contribution in [-0.4, -0.2) is 0 Å². The van der Waals surface area contributed by atoms with Gasteiger partial charge in [-0.2, -0.15) is 18.3 Å². The fraction of sp³-hybridized carbons (Fsp3) is 0.424. The van der Waals surface area contributed by atoms with Crippen LogP contribution >= 0.6 is 0 Å². The van der Waals surface area contributed by atoms with E-state index in [1.54, 1.807) is 0 Å². The minimum absolute atomic E-state index is 0.0317. The van der Waals surface area contributed by atoms with E-state index in [0.717, 1.165) is 85.7 Å². The van der Waals surface area contributed by atoms with Crippen LogP contribution in [0.15, 0.2) is 218 Å². The molecule has 9 aliphatic rings. The third-order valence-corrected chi connectivity index (χ3v) is 35.3. The topological polar surface area (TPSA) is 15.5 Å². The zero-order chi connectivity index (χ0) is 99.2. The summed E-state index contributed by atoms with van der Waals surface area (Å²) < 4.78 is 45.3. The molecular formula is C132H154N4+4.